The molecular formula is C25H27N5O2S. The van der Waals surface area contributed by atoms with Crippen molar-refractivity contribution in [1.82, 2.24) is 14.8 Å². The van der Waals surface area contributed by atoms with E-state index >= 15 is 0 Å². The maximum absolute atomic E-state index is 13.0. The first kappa shape index (κ1) is 21.5. The minimum atomic E-state index is -0.0652. The number of amides is 1. The summed E-state index contributed by atoms with van der Waals surface area (Å²) in [7, 11) is 1.66. The topological polar surface area (TPSA) is 72.3 Å². The largest absolute Gasteiger partial charge is 0.497 e. The molecule has 0 spiro atoms. The number of carbonyl (C=O) groups is 1. The van der Waals surface area contributed by atoms with Crippen molar-refractivity contribution in [2.75, 3.05) is 30.4 Å². The Morgan fingerprint density at radius 1 is 1.15 bits per heavy atom. The number of aryl methyl sites for hydroxylation is 2. The summed E-state index contributed by atoms with van der Waals surface area (Å²) < 4.78 is 8.23. The summed E-state index contributed by atoms with van der Waals surface area (Å²) in [6.07, 6.45) is 1.85. The Balaban J connectivity index is 1.37. The van der Waals surface area contributed by atoms with E-state index in [2.05, 4.69) is 10.2 Å². The van der Waals surface area contributed by atoms with Crippen molar-refractivity contribution in [3.8, 4) is 11.4 Å². The van der Waals surface area contributed by atoms with E-state index in [1.807, 2.05) is 67.1 Å². The molecule has 1 atom stereocenters. The molecule has 2 aromatic heterocycles. The monoisotopic (exact) mass is 461 g/mol. The van der Waals surface area contributed by atoms with Crippen molar-refractivity contribution in [1.29, 1.82) is 0 Å². The molecule has 0 radical (unpaired) electrons. The fourth-order valence-corrected chi connectivity index (χ4v) is 5.30. The van der Waals surface area contributed by atoms with Crippen molar-refractivity contribution in [2.24, 2.45) is 5.92 Å². The van der Waals surface area contributed by atoms with Crippen LogP contribution in [0.2, 0.25) is 0 Å². The molecular weight excluding hydrogens is 434 g/mol. The van der Waals surface area contributed by atoms with Gasteiger partial charge in [0, 0.05) is 18.8 Å². The lowest BCUT2D eigenvalue weighted by atomic mass is 9.97. The molecule has 1 saturated heterocycles. The first-order valence-corrected chi connectivity index (χ1v) is 12.0. The first-order valence-electron chi connectivity index (χ1n) is 11.2. The van der Waals surface area contributed by atoms with Gasteiger partial charge in [-0.25, -0.2) is 4.68 Å². The second-order valence-electron chi connectivity index (χ2n) is 8.43. The molecule has 33 heavy (non-hydrogen) atoms. The van der Waals surface area contributed by atoms with Gasteiger partial charge in [-0.15, -0.1) is 0 Å². The number of methoxy groups -OCH3 is 1. The number of benzene rings is 2. The quantitative estimate of drug-likeness (QED) is 0.455. The number of aromatic nitrogens is 3. The number of nitrogens with one attached hydrogen (secondary N) is 1. The van der Waals surface area contributed by atoms with Crippen LogP contribution in [0.25, 0.3) is 16.0 Å². The number of carbonyl (C=O) groups excluding carboxylic acids is 1. The fourth-order valence-electron chi connectivity index (χ4n) is 4.27. The Morgan fingerprint density at radius 2 is 1.94 bits per heavy atom. The van der Waals surface area contributed by atoms with Crippen LogP contribution in [0, 0.1) is 19.8 Å². The SMILES string of the molecule is COc1ccc(-n2nc(C)c3sc(N4CCC[C@H](C(=O)Nc5ccccc5C)C4)nc32)cc1. The molecule has 1 N–H and O–H groups in total. The highest BCUT2D eigenvalue weighted by atomic mass is 32.1. The Labute approximate surface area is 197 Å². The Kier molecular flexibility index (Phi) is 5.76. The maximum Gasteiger partial charge on any atom is 0.229 e. The van der Waals surface area contributed by atoms with Gasteiger partial charge in [-0.05, 0) is 62.6 Å². The third kappa shape index (κ3) is 4.18. The number of fused-ring (bicyclic) bond motifs is 1. The second kappa shape index (κ2) is 8.86. The van der Waals surface area contributed by atoms with E-state index in [4.69, 9.17) is 14.8 Å². The van der Waals surface area contributed by atoms with Gasteiger partial charge in [-0.2, -0.15) is 10.1 Å². The van der Waals surface area contributed by atoms with E-state index in [1.165, 1.54) is 0 Å². The van der Waals surface area contributed by atoms with Gasteiger partial charge in [0.1, 0.15) is 5.75 Å². The molecule has 2 aromatic carbocycles. The average Bonchev–Trinajstić information content (AvgIpc) is 3.41. The third-order valence-electron chi connectivity index (χ3n) is 6.16. The number of para-hydroxylation sites is 1. The Bertz CT molecular complexity index is 1290. The minimum Gasteiger partial charge on any atom is -0.497 e. The summed E-state index contributed by atoms with van der Waals surface area (Å²) in [6.45, 7) is 5.60. The number of nitrogens with zero attached hydrogens (tertiary/aromatic N) is 4. The molecule has 1 aliphatic heterocycles. The van der Waals surface area contributed by atoms with Crippen molar-refractivity contribution in [3.05, 3.63) is 59.8 Å². The molecule has 0 unspecified atom stereocenters. The summed E-state index contributed by atoms with van der Waals surface area (Å²) in [4.78, 5) is 20.2. The second-order valence-corrected chi connectivity index (χ2v) is 9.41. The van der Waals surface area contributed by atoms with Gasteiger partial charge in [-0.1, -0.05) is 29.5 Å². The van der Waals surface area contributed by atoms with Crippen LogP contribution in [0.4, 0.5) is 10.8 Å². The predicted octanol–water partition coefficient (Wildman–Crippen LogP) is 4.96. The van der Waals surface area contributed by atoms with Crippen molar-refractivity contribution < 1.29 is 9.53 Å². The molecule has 1 aliphatic rings. The molecule has 1 fully saturated rings. The lowest BCUT2D eigenvalue weighted by molar-refractivity contribution is -0.120. The van der Waals surface area contributed by atoms with E-state index in [9.17, 15) is 4.79 Å². The fraction of sp³-hybridized carbons (Fsp3) is 0.320. The molecule has 3 heterocycles. The Morgan fingerprint density at radius 3 is 2.70 bits per heavy atom. The van der Waals surface area contributed by atoms with Gasteiger partial charge < -0.3 is 15.0 Å². The summed E-state index contributed by atoms with van der Waals surface area (Å²) in [5.74, 6) is 0.821. The molecule has 0 saturated carbocycles. The van der Waals surface area contributed by atoms with Crippen molar-refractivity contribution in [3.63, 3.8) is 0 Å². The highest BCUT2D eigenvalue weighted by molar-refractivity contribution is 7.22. The van der Waals surface area contributed by atoms with Crippen LogP contribution in [-0.2, 0) is 4.79 Å². The number of hydrogen-bond acceptors (Lipinski definition) is 6. The zero-order chi connectivity index (χ0) is 22.9. The number of thiazole rings is 1. The number of rotatable bonds is 5. The molecule has 0 bridgehead atoms. The van der Waals surface area contributed by atoms with Gasteiger partial charge in [0.15, 0.2) is 10.8 Å². The Hall–Kier alpha value is -3.39. The zero-order valence-corrected chi connectivity index (χ0v) is 19.9. The highest BCUT2D eigenvalue weighted by Gasteiger charge is 2.28. The standard InChI is InChI=1S/C25H27N5O2S/c1-16-7-4-5-9-21(16)26-24(31)18-8-6-14-29(15-18)25-27-23-22(33-25)17(2)28-30(23)19-10-12-20(32-3)13-11-19/h4-5,7,9-13,18H,6,8,14-15H2,1-3H3,(H,26,31)/t18-/m0/s1. The lowest BCUT2D eigenvalue weighted by Gasteiger charge is -2.31. The van der Waals surface area contributed by atoms with Gasteiger partial charge in [0.2, 0.25) is 5.91 Å². The number of piperidine rings is 1. The van der Waals surface area contributed by atoms with Crippen molar-refractivity contribution in [2.45, 2.75) is 26.7 Å². The first-order chi connectivity index (χ1) is 16.0. The van der Waals surface area contributed by atoms with Crippen LogP contribution < -0.4 is 15.0 Å². The van der Waals surface area contributed by atoms with Crippen LogP contribution >= 0.6 is 11.3 Å². The van der Waals surface area contributed by atoms with Gasteiger partial charge in [0.05, 0.1) is 29.1 Å². The molecule has 5 rings (SSSR count). The number of ether oxygens (including phenoxy) is 1. The predicted molar refractivity (Wildman–Crippen MR) is 133 cm³/mol. The van der Waals surface area contributed by atoms with Crippen LogP contribution in [-0.4, -0.2) is 40.9 Å². The summed E-state index contributed by atoms with van der Waals surface area (Å²) in [6, 6.07) is 15.7. The molecule has 170 valence electrons. The molecule has 4 aromatic rings. The van der Waals surface area contributed by atoms with Gasteiger partial charge in [0.25, 0.3) is 0 Å². The minimum absolute atomic E-state index is 0.0652. The molecule has 8 heteroatoms. The van der Waals surface area contributed by atoms with Gasteiger partial charge in [-0.3, -0.25) is 4.79 Å². The maximum atomic E-state index is 13.0. The molecule has 7 nitrogen and oxygen atoms in total. The van der Waals surface area contributed by atoms with E-state index in [1.54, 1.807) is 18.4 Å². The van der Waals surface area contributed by atoms with E-state index in [-0.39, 0.29) is 11.8 Å². The third-order valence-corrected chi connectivity index (χ3v) is 7.37. The van der Waals surface area contributed by atoms with Gasteiger partial charge >= 0.3 is 0 Å². The van der Waals surface area contributed by atoms with E-state index in [0.29, 0.717) is 6.54 Å². The van der Waals surface area contributed by atoms with E-state index < -0.39 is 0 Å². The highest BCUT2D eigenvalue weighted by Crippen LogP contribution is 2.35. The summed E-state index contributed by atoms with van der Waals surface area (Å²) in [5, 5.41) is 8.76. The smallest absolute Gasteiger partial charge is 0.229 e. The summed E-state index contributed by atoms with van der Waals surface area (Å²) in [5.41, 5.74) is 4.71. The zero-order valence-electron chi connectivity index (χ0n) is 19.0. The van der Waals surface area contributed by atoms with Crippen LogP contribution in [0.5, 0.6) is 5.75 Å². The van der Waals surface area contributed by atoms with Crippen LogP contribution in [0.3, 0.4) is 0 Å². The number of anilines is 2. The average molecular weight is 462 g/mol. The van der Waals surface area contributed by atoms with Crippen molar-refractivity contribution >= 4 is 38.4 Å². The number of hydrogen-bond donors (Lipinski definition) is 1. The van der Waals surface area contributed by atoms with Crippen LogP contribution in [0.1, 0.15) is 24.1 Å². The normalized spacial score (nSPS) is 16.2. The van der Waals surface area contributed by atoms with E-state index in [0.717, 1.165) is 63.2 Å². The molecule has 1 amide bonds. The lowest BCUT2D eigenvalue weighted by Crippen LogP contribution is -2.40. The molecule has 0 aliphatic carbocycles. The summed E-state index contributed by atoms with van der Waals surface area (Å²) >= 11 is 1.65. The van der Waals surface area contributed by atoms with Crippen LogP contribution in [0.15, 0.2) is 48.5 Å².